The highest BCUT2D eigenvalue weighted by Gasteiger charge is 2.27. The Labute approximate surface area is 144 Å². The number of aromatic nitrogens is 3. The predicted octanol–water partition coefficient (Wildman–Crippen LogP) is 3.52. The van der Waals surface area contributed by atoms with Crippen LogP contribution in [0.5, 0.6) is 0 Å². The highest BCUT2D eigenvalue weighted by molar-refractivity contribution is 7.20. The van der Waals surface area contributed by atoms with Crippen molar-refractivity contribution in [1.82, 2.24) is 14.6 Å². The maximum absolute atomic E-state index is 12.0. The lowest BCUT2D eigenvalue weighted by molar-refractivity contribution is 0.311. The Bertz CT molecular complexity index is 885. The average molecular weight is 340 g/mol. The molecule has 0 unspecified atom stereocenters. The minimum atomic E-state index is -0.126. The summed E-state index contributed by atoms with van der Waals surface area (Å²) in [6.07, 6.45) is 5.43. The van der Waals surface area contributed by atoms with Crippen LogP contribution in [0.15, 0.2) is 47.4 Å². The first-order valence-corrected chi connectivity index (χ1v) is 9.20. The molecule has 2 heterocycles. The van der Waals surface area contributed by atoms with Gasteiger partial charge in [-0.25, -0.2) is 4.98 Å². The summed E-state index contributed by atoms with van der Waals surface area (Å²) in [4.78, 5) is 19.3. The van der Waals surface area contributed by atoms with E-state index in [0.29, 0.717) is 10.9 Å². The van der Waals surface area contributed by atoms with Crippen LogP contribution >= 0.6 is 11.3 Å². The fourth-order valence-electron chi connectivity index (χ4n) is 3.12. The molecule has 0 aliphatic heterocycles. The van der Waals surface area contributed by atoms with Crippen molar-refractivity contribution in [3.05, 3.63) is 58.5 Å². The maximum atomic E-state index is 12.0. The summed E-state index contributed by atoms with van der Waals surface area (Å²) in [7, 11) is 0. The van der Waals surface area contributed by atoms with E-state index in [1.54, 1.807) is 6.20 Å². The summed E-state index contributed by atoms with van der Waals surface area (Å²) >= 11 is 1.49. The zero-order chi connectivity index (χ0) is 16.5. The Morgan fingerprint density at radius 1 is 1.29 bits per heavy atom. The smallest absolute Gasteiger partial charge is 0.275 e. The summed E-state index contributed by atoms with van der Waals surface area (Å²) in [6, 6.07) is 12.1. The Hall–Kier alpha value is -2.21. The van der Waals surface area contributed by atoms with Gasteiger partial charge in [0.25, 0.3) is 5.56 Å². The fraction of sp³-hybridized carbons (Fsp3) is 0.389. The minimum absolute atomic E-state index is 0.126. The summed E-state index contributed by atoms with van der Waals surface area (Å²) in [6.45, 7) is 3.18. The van der Waals surface area contributed by atoms with Gasteiger partial charge in [0, 0.05) is 18.8 Å². The topological polar surface area (TPSA) is 50.5 Å². The highest BCUT2D eigenvalue weighted by Crippen LogP contribution is 2.35. The number of nitrogens with zero attached hydrogens (tertiary/aromatic N) is 4. The second-order valence-corrected chi connectivity index (χ2v) is 7.33. The molecule has 0 bridgehead atoms. The lowest BCUT2D eigenvalue weighted by atomic mass is 9.85. The van der Waals surface area contributed by atoms with Gasteiger partial charge in [-0.1, -0.05) is 48.1 Å². The van der Waals surface area contributed by atoms with Crippen molar-refractivity contribution < 1.29 is 0 Å². The lowest BCUT2D eigenvalue weighted by Gasteiger charge is -2.35. The van der Waals surface area contributed by atoms with E-state index in [1.165, 1.54) is 46.7 Å². The lowest BCUT2D eigenvalue weighted by Crippen LogP contribution is -2.34. The van der Waals surface area contributed by atoms with Crippen LogP contribution < -0.4 is 10.5 Å². The molecule has 24 heavy (non-hydrogen) atoms. The van der Waals surface area contributed by atoms with Gasteiger partial charge in [-0.2, -0.15) is 4.52 Å². The molecule has 1 atom stereocenters. The second kappa shape index (κ2) is 6.36. The molecule has 1 aliphatic carbocycles. The van der Waals surface area contributed by atoms with Crippen LogP contribution in [-0.4, -0.2) is 21.1 Å². The minimum Gasteiger partial charge on any atom is -0.340 e. The molecular formula is C18H20N4OS. The molecule has 4 rings (SSSR count). The summed E-state index contributed by atoms with van der Waals surface area (Å²) in [5.74, 6) is 0.716. The Morgan fingerprint density at radius 2 is 2.08 bits per heavy atom. The Kier molecular flexibility index (Phi) is 4.06. The standard InChI is InChI=1S/C18H20N4OS/c1-13(15-8-3-2-4-9-15)21(12-14-6-5-7-14)18-20-22-16(23)10-11-19-17(22)24-18/h2-4,8-11,13-14H,5-7,12H2,1H3/t13-/m0/s1. The molecule has 2 aromatic heterocycles. The first kappa shape index (κ1) is 15.3. The zero-order valence-corrected chi connectivity index (χ0v) is 14.4. The van der Waals surface area contributed by atoms with Gasteiger partial charge in [-0.15, -0.1) is 5.10 Å². The molecule has 0 amide bonds. The molecule has 6 heteroatoms. The van der Waals surface area contributed by atoms with Crippen LogP contribution in [-0.2, 0) is 0 Å². The quantitative estimate of drug-likeness (QED) is 0.713. The monoisotopic (exact) mass is 340 g/mol. The molecule has 0 radical (unpaired) electrons. The molecule has 1 aromatic carbocycles. The molecule has 5 nitrogen and oxygen atoms in total. The predicted molar refractivity (Wildman–Crippen MR) is 96.7 cm³/mol. The molecular weight excluding hydrogens is 320 g/mol. The molecule has 1 saturated carbocycles. The number of anilines is 1. The highest BCUT2D eigenvalue weighted by atomic mass is 32.1. The Balaban J connectivity index is 1.73. The van der Waals surface area contributed by atoms with Crippen molar-refractivity contribution >= 4 is 21.4 Å². The summed E-state index contributed by atoms with van der Waals surface area (Å²) < 4.78 is 1.41. The van der Waals surface area contributed by atoms with E-state index >= 15 is 0 Å². The fourth-order valence-corrected chi connectivity index (χ4v) is 4.08. The van der Waals surface area contributed by atoms with Crippen molar-refractivity contribution in [3.63, 3.8) is 0 Å². The van der Waals surface area contributed by atoms with Gasteiger partial charge in [-0.05, 0) is 31.2 Å². The number of hydrogen-bond donors (Lipinski definition) is 0. The number of fused-ring (bicyclic) bond motifs is 1. The molecule has 0 N–H and O–H groups in total. The molecule has 0 saturated heterocycles. The van der Waals surface area contributed by atoms with E-state index in [0.717, 1.165) is 11.7 Å². The van der Waals surface area contributed by atoms with Gasteiger partial charge in [0.05, 0.1) is 6.04 Å². The van der Waals surface area contributed by atoms with Crippen molar-refractivity contribution in [2.45, 2.75) is 32.2 Å². The number of hydrogen-bond acceptors (Lipinski definition) is 5. The van der Waals surface area contributed by atoms with Gasteiger partial charge in [0.2, 0.25) is 10.1 Å². The molecule has 0 spiro atoms. The molecule has 1 aliphatic rings. The van der Waals surface area contributed by atoms with E-state index in [9.17, 15) is 4.79 Å². The molecule has 124 valence electrons. The average Bonchev–Trinajstić information content (AvgIpc) is 2.99. The third kappa shape index (κ3) is 2.82. The first-order valence-electron chi connectivity index (χ1n) is 8.39. The van der Waals surface area contributed by atoms with E-state index in [4.69, 9.17) is 0 Å². The second-order valence-electron chi connectivity index (χ2n) is 6.40. The normalized spacial score (nSPS) is 16.0. The van der Waals surface area contributed by atoms with Crippen LogP contribution in [0.3, 0.4) is 0 Å². The number of rotatable bonds is 5. The van der Waals surface area contributed by atoms with Gasteiger partial charge in [-0.3, -0.25) is 4.79 Å². The van der Waals surface area contributed by atoms with E-state index < -0.39 is 0 Å². The van der Waals surface area contributed by atoms with E-state index in [-0.39, 0.29) is 11.6 Å². The van der Waals surface area contributed by atoms with Gasteiger partial charge in [0.1, 0.15) is 0 Å². The van der Waals surface area contributed by atoms with Crippen LogP contribution in [0.25, 0.3) is 4.96 Å². The SMILES string of the molecule is C[C@@H](c1ccccc1)N(CC1CCC1)c1nn2c(=O)ccnc2s1. The molecule has 3 aromatic rings. The maximum Gasteiger partial charge on any atom is 0.275 e. The number of benzene rings is 1. The van der Waals surface area contributed by atoms with Crippen molar-refractivity contribution in [2.24, 2.45) is 5.92 Å². The van der Waals surface area contributed by atoms with E-state index in [1.807, 2.05) is 6.07 Å². The Morgan fingerprint density at radius 3 is 2.75 bits per heavy atom. The van der Waals surface area contributed by atoms with Gasteiger partial charge >= 0.3 is 0 Å². The van der Waals surface area contributed by atoms with Crippen LogP contribution in [0.4, 0.5) is 5.13 Å². The summed E-state index contributed by atoms with van der Waals surface area (Å²) in [5.41, 5.74) is 1.13. The van der Waals surface area contributed by atoms with Crippen LogP contribution in [0, 0.1) is 5.92 Å². The van der Waals surface area contributed by atoms with E-state index in [2.05, 4.69) is 46.2 Å². The van der Waals surface area contributed by atoms with Crippen molar-refractivity contribution in [3.8, 4) is 0 Å². The van der Waals surface area contributed by atoms with Crippen LogP contribution in [0.1, 0.15) is 37.8 Å². The van der Waals surface area contributed by atoms with Crippen molar-refractivity contribution in [2.75, 3.05) is 11.4 Å². The van der Waals surface area contributed by atoms with Crippen LogP contribution in [0.2, 0.25) is 0 Å². The third-order valence-electron chi connectivity index (χ3n) is 4.83. The van der Waals surface area contributed by atoms with Crippen molar-refractivity contribution in [1.29, 1.82) is 0 Å². The third-order valence-corrected chi connectivity index (χ3v) is 5.79. The largest absolute Gasteiger partial charge is 0.340 e. The van der Waals surface area contributed by atoms with Gasteiger partial charge in [0.15, 0.2) is 0 Å². The molecule has 1 fully saturated rings. The summed E-state index contributed by atoms with van der Waals surface area (Å²) in [5, 5.41) is 5.43. The van der Waals surface area contributed by atoms with Gasteiger partial charge < -0.3 is 4.90 Å². The zero-order valence-electron chi connectivity index (χ0n) is 13.6. The first-order chi connectivity index (χ1) is 11.7.